The van der Waals surface area contributed by atoms with E-state index in [-0.39, 0.29) is 17.4 Å². The minimum atomic E-state index is -0.420. The maximum absolute atomic E-state index is 13.2. The third kappa shape index (κ3) is 5.41. The summed E-state index contributed by atoms with van der Waals surface area (Å²) in [6.07, 6.45) is 0.426. The molecule has 0 bridgehead atoms. The van der Waals surface area contributed by atoms with Crippen LogP contribution in [-0.4, -0.2) is 50.6 Å². The van der Waals surface area contributed by atoms with Crippen LogP contribution in [0.15, 0.2) is 71.9 Å². The molecule has 0 fully saturated rings. The number of rotatable bonds is 9. The number of benzene rings is 3. The van der Waals surface area contributed by atoms with Gasteiger partial charge >= 0.3 is 0 Å². The molecule has 1 aliphatic rings. The van der Waals surface area contributed by atoms with Crippen molar-refractivity contribution in [2.24, 2.45) is 0 Å². The van der Waals surface area contributed by atoms with Crippen molar-refractivity contribution in [1.29, 1.82) is 0 Å². The van der Waals surface area contributed by atoms with Gasteiger partial charge in [0.15, 0.2) is 10.9 Å². The van der Waals surface area contributed by atoms with Crippen molar-refractivity contribution in [3.63, 3.8) is 0 Å². The van der Waals surface area contributed by atoms with Gasteiger partial charge < -0.3 is 5.32 Å². The van der Waals surface area contributed by atoms with Gasteiger partial charge in [-0.15, -0.1) is 10.2 Å². The highest BCUT2D eigenvalue weighted by atomic mass is 35.5. The Balaban J connectivity index is 1.36. The number of amides is 3. The normalized spacial score (nSPS) is 12.5. The van der Waals surface area contributed by atoms with E-state index in [0.717, 1.165) is 16.2 Å². The number of hydrogen-bond acceptors (Lipinski definition) is 7. The second kappa shape index (κ2) is 11.4. The summed E-state index contributed by atoms with van der Waals surface area (Å²) in [4.78, 5) is 51.5. The second-order valence-corrected chi connectivity index (χ2v) is 10.5. The van der Waals surface area contributed by atoms with Gasteiger partial charge in [0.2, 0.25) is 5.91 Å². The molecule has 0 aliphatic carbocycles. The molecule has 1 aromatic heterocycles. The molecule has 1 aliphatic heterocycles. The predicted octanol–water partition coefficient (Wildman–Crippen LogP) is 4.68. The highest BCUT2D eigenvalue weighted by molar-refractivity contribution is 7.99. The van der Waals surface area contributed by atoms with Crippen molar-refractivity contribution in [1.82, 2.24) is 20.1 Å². The summed E-state index contributed by atoms with van der Waals surface area (Å²) in [6, 6.07) is 18.7. The minimum absolute atomic E-state index is 0.0367. The number of carbonyl (C=O) groups excluding carboxylic acids is 4. The van der Waals surface area contributed by atoms with Crippen LogP contribution in [0.2, 0.25) is 5.02 Å². The number of aryl methyl sites for hydroxylation is 1. The minimum Gasteiger partial charge on any atom is -0.356 e. The van der Waals surface area contributed by atoms with Crippen LogP contribution >= 0.6 is 23.4 Å². The number of aromatic nitrogens is 3. The number of imide groups is 1. The fraction of sp³-hybridized carbons (Fsp3) is 0.172. The zero-order chi connectivity index (χ0) is 28.4. The first-order valence-corrected chi connectivity index (χ1v) is 13.8. The molecule has 11 heteroatoms. The first kappa shape index (κ1) is 27.3. The summed E-state index contributed by atoms with van der Waals surface area (Å²) < 4.78 is 1.82. The van der Waals surface area contributed by atoms with Crippen molar-refractivity contribution < 1.29 is 19.2 Å². The molecule has 0 spiro atoms. The van der Waals surface area contributed by atoms with Crippen molar-refractivity contribution in [2.45, 2.75) is 25.4 Å². The number of hydrogen-bond donors (Lipinski definition) is 1. The SMILES string of the molecule is CC(=O)NCCc1nnc(SCC(=O)c2cccc(N3C(=O)c4ccccc4C3=O)c2)n1-c1ccc(C)c(Cl)c1. The zero-order valence-electron chi connectivity index (χ0n) is 21.7. The number of thioether (sulfide) groups is 1. The number of carbonyl (C=O) groups is 4. The van der Waals surface area contributed by atoms with Crippen molar-refractivity contribution in [3.05, 3.63) is 99.8 Å². The van der Waals surface area contributed by atoms with Crippen LogP contribution in [0.3, 0.4) is 0 Å². The highest BCUT2D eigenvalue weighted by Gasteiger charge is 2.36. The van der Waals surface area contributed by atoms with Gasteiger partial charge in [-0.3, -0.25) is 23.7 Å². The van der Waals surface area contributed by atoms with Crippen LogP contribution < -0.4 is 10.2 Å². The average Bonchev–Trinajstić information content (AvgIpc) is 3.46. The predicted molar refractivity (Wildman–Crippen MR) is 153 cm³/mol. The van der Waals surface area contributed by atoms with Crippen molar-refractivity contribution in [3.8, 4) is 5.69 Å². The molecule has 1 N–H and O–H groups in total. The van der Waals surface area contributed by atoms with Gasteiger partial charge in [0.05, 0.1) is 28.3 Å². The molecule has 0 unspecified atom stereocenters. The lowest BCUT2D eigenvalue weighted by Gasteiger charge is -2.15. The van der Waals surface area contributed by atoms with Crippen LogP contribution in [0, 0.1) is 6.92 Å². The van der Waals surface area contributed by atoms with Crippen LogP contribution in [0.25, 0.3) is 5.69 Å². The molecule has 0 saturated carbocycles. The summed E-state index contributed by atoms with van der Waals surface area (Å²) in [5, 5.41) is 12.4. The third-order valence-corrected chi connectivity index (χ3v) is 7.73. The maximum atomic E-state index is 13.2. The van der Waals surface area contributed by atoms with Crippen LogP contribution in [-0.2, 0) is 11.2 Å². The van der Waals surface area contributed by atoms with E-state index in [4.69, 9.17) is 11.6 Å². The molecule has 2 heterocycles. The number of fused-ring (bicyclic) bond motifs is 1. The van der Waals surface area contributed by atoms with Crippen molar-refractivity contribution in [2.75, 3.05) is 17.2 Å². The van der Waals surface area contributed by atoms with E-state index < -0.39 is 11.8 Å². The lowest BCUT2D eigenvalue weighted by molar-refractivity contribution is -0.118. The molecule has 5 rings (SSSR count). The number of Topliss-reactive ketones (excluding diaryl/α,β-unsaturated/α-hetero) is 1. The Labute approximate surface area is 239 Å². The quantitative estimate of drug-likeness (QED) is 0.176. The number of halogens is 1. The second-order valence-electron chi connectivity index (χ2n) is 9.15. The summed E-state index contributed by atoms with van der Waals surface area (Å²) in [6.45, 7) is 3.72. The Morgan fingerprint density at radius 3 is 2.33 bits per heavy atom. The fourth-order valence-corrected chi connectivity index (χ4v) is 5.38. The monoisotopic (exact) mass is 573 g/mol. The molecular weight excluding hydrogens is 550 g/mol. The van der Waals surface area contributed by atoms with E-state index in [1.165, 1.54) is 18.7 Å². The maximum Gasteiger partial charge on any atom is 0.266 e. The summed E-state index contributed by atoms with van der Waals surface area (Å²) in [5.41, 5.74) is 3.02. The fourth-order valence-electron chi connectivity index (χ4n) is 4.34. The van der Waals surface area contributed by atoms with E-state index in [2.05, 4.69) is 15.5 Å². The van der Waals surface area contributed by atoms with Crippen LogP contribution in [0.1, 0.15) is 49.4 Å². The summed E-state index contributed by atoms with van der Waals surface area (Å²) in [5.74, 6) is -0.550. The molecule has 9 nitrogen and oxygen atoms in total. The Bertz CT molecular complexity index is 1630. The summed E-state index contributed by atoms with van der Waals surface area (Å²) >= 11 is 7.59. The number of nitrogens with zero attached hydrogens (tertiary/aromatic N) is 4. The van der Waals surface area contributed by atoms with Gasteiger partial charge in [0, 0.05) is 30.5 Å². The standard InChI is InChI=1S/C29H24ClN5O4S/c1-17-10-11-21(15-24(17)30)34-26(12-13-31-18(2)36)32-33-29(34)40-16-25(37)19-6-5-7-20(14-19)35-27(38)22-8-3-4-9-23(22)28(35)39/h3-11,14-15H,12-13,16H2,1-2H3,(H,31,36). The number of ketones is 1. The lowest BCUT2D eigenvalue weighted by Crippen LogP contribution is -2.29. The van der Waals surface area contributed by atoms with E-state index >= 15 is 0 Å². The number of anilines is 1. The van der Waals surface area contributed by atoms with Gasteiger partial charge in [-0.2, -0.15) is 0 Å². The molecule has 202 valence electrons. The smallest absolute Gasteiger partial charge is 0.266 e. The number of nitrogens with one attached hydrogen (secondary N) is 1. The Morgan fingerprint density at radius 2 is 1.65 bits per heavy atom. The topological polar surface area (TPSA) is 114 Å². The zero-order valence-corrected chi connectivity index (χ0v) is 23.3. The van der Waals surface area contributed by atoms with E-state index in [0.29, 0.717) is 51.3 Å². The largest absolute Gasteiger partial charge is 0.356 e. The van der Waals surface area contributed by atoms with E-state index in [9.17, 15) is 19.2 Å². The van der Waals surface area contributed by atoms with Crippen LogP contribution in [0.5, 0.6) is 0 Å². The van der Waals surface area contributed by atoms with Gasteiger partial charge in [0.1, 0.15) is 5.82 Å². The molecule has 3 aromatic carbocycles. The van der Waals surface area contributed by atoms with E-state index in [1.54, 1.807) is 54.6 Å². The molecular formula is C29H24ClN5O4S. The highest BCUT2D eigenvalue weighted by Crippen LogP contribution is 2.30. The third-order valence-electron chi connectivity index (χ3n) is 6.39. The molecule has 0 saturated heterocycles. The Kier molecular flexibility index (Phi) is 7.81. The van der Waals surface area contributed by atoms with Gasteiger partial charge in [-0.1, -0.05) is 53.7 Å². The average molecular weight is 574 g/mol. The van der Waals surface area contributed by atoms with Gasteiger partial charge in [-0.05, 0) is 48.9 Å². The lowest BCUT2D eigenvalue weighted by atomic mass is 10.1. The Hall–Kier alpha value is -4.28. The Morgan fingerprint density at radius 1 is 0.925 bits per heavy atom. The molecule has 0 atom stereocenters. The first-order valence-electron chi connectivity index (χ1n) is 12.4. The molecule has 4 aromatic rings. The molecule has 0 radical (unpaired) electrons. The van der Waals surface area contributed by atoms with Crippen molar-refractivity contribution >= 4 is 52.6 Å². The first-order chi connectivity index (χ1) is 19.2. The van der Waals surface area contributed by atoms with Gasteiger partial charge in [0.25, 0.3) is 11.8 Å². The molecule has 3 amide bonds. The summed E-state index contributed by atoms with van der Waals surface area (Å²) in [7, 11) is 0. The van der Waals surface area contributed by atoms with Gasteiger partial charge in [-0.25, -0.2) is 4.90 Å². The molecule has 40 heavy (non-hydrogen) atoms. The van der Waals surface area contributed by atoms with E-state index in [1.807, 2.05) is 23.6 Å². The van der Waals surface area contributed by atoms with Crippen LogP contribution in [0.4, 0.5) is 5.69 Å².